The molecule has 0 saturated carbocycles. The van der Waals surface area contributed by atoms with Gasteiger partial charge >= 0.3 is 0 Å². The summed E-state index contributed by atoms with van der Waals surface area (Å²) in [5.41, 5.74) is 2.37. The van der Waals surface area contributed by atoms with Crippen molar-refractivity contribution < 1.29 is 9.57 Å². The molecule has 0 atom stereocenters. The van der Waals surface area contributed by atoms with Crippen LogP contribution in [0.25, 0.3) is 0 Å². The highest BCUT2D eigenvalue weighted by Gasteiger charge is 2.14. The maximum absolute atomic E-state index is 5.56. The second-order valence-electron chi connectivity index (χ2n) is 3.69. The number of anilines is 1. The van der Waals surface area contributed by atoms with E-state index < -0.39 is 0 Å². The number of fused-ring (bicyclic) bond motifs is 1. The number of nitrogens with two attached hydrogens (primary N) is 1. The normalized spacial score (nSPS) is 14.7. The van der Waals surface area contributed by atoms with Crippen molar-refractivity contribution in [3.05, 3.63) is 23.8 Å². The van der Waals surface area contributed by atoms with Gasteiger partial charge < -0.3 is 14.5 Å². The first-order valence-corrected chi connectivity index (χ1v) is 5.10. The summed E-state index contributed by atoms with van der Waals surface area (Å²) in [7, 11) is 2.07. The van der Waals surface area contributed by atoms with Crippen LogP contribution in [0.1, 0.15) is 5.56 Å². The molecular weight excluding hydrogens is 192 g/mol. The Labute approximate surface area is 89.5 Å². The Morgan fingerprint density at radius 3 is 3.20 bits per heavy atom. The Balaban J connectivity index is 2.19. The molecule has 0 saturated heterocycles. The molecule has 0 radical (unpaired) electrons. The van der Waals surface area contributed by atoms with Crippen molar-refractivity contribution in [2.45, 2.75) is 6.42 Å². The van der Waals surface area contributed by atoms with Crippen molar-refractivity contribution in [1.82, 2.24) is 0 Å². The Kier molecular flexibility index (Phi) is 3.08. The molecule has 1 aliphatic rings. The van der Waals surface area contributed by atoms with Crippen LogP contribution in [-0.2, 0) is 11.3 Å². The lowest BCUT2D eigenvalue weighted by Gasteiger charge is -2.28. The molecule has 0 amide bonds. The van der Waals surface area contributed by atoms with Crippen LogP contribution >= 0.6 is 0 Å². The number of hydrogen-bond acceptors (Lipinski definition) is 4. The first kappa shape index (κ1) is 10.3. The molecule has 1 aromatic rings. The van der Waals surface area contributed by atoms with Gasteiger partial charge in [-0.1, -0.05) is 6.07 Å². The van der Waals surface area contributed by atoms with Gasteiger partial charge in [-0.2, -0.15) is 0 Å². The van der Waals surface area contributed by atoms with E-state index in [9.17, 15) is 0 Å². The molecule has 0 unspecified atom stereocenters. The molecule has 0 aromatic heterocycles. The largest absolute Gasteiger partial charge is 0.490 e. The molecule has 1 aromatic carbocycles. The van der Waals surface area contributed by atoms with Crippen LogP contribution in [0.15, 0.2) is 18.2 Å². The summed E-state index contributed by atoms with van der Waals surface area (Å²) in [6.45, 7) is 2.24. The van der Waals surface area contributed by atoms with E-state index >= 15 is 0 Å². The van der Waals surface area contributed by atoms with Crippen LogP contribution < -0.4 is 15.5 Å². The van der Waals surface area contributed by atoms with Crippen molar-refractivity contribution >= 4 is 5.69 Å². The predicted octanol–water partition coefficient (Wildman–Crippen LogP) is 0.948. The molecule has 82 valence electrons. The molecule has 0 bridgehead atoms. The summed E-state index contributed by atoms with van der Waals surface area (Å²) in [6, 6.07) is 6.20. The van der Waals surface area contributed by atoms with E-state index in [4.69, 9.17) is 10.6 Å². The van der Waals surface area contributed by atoms with E-state index in [2.05, 4.69) is 28.9 Å². The lowest BCUT2D eigenvalue weighted by Crippen LogP contribution is -2.28. The SMILES string of the molecule is CN1CCOc2ccc(CCON)cc21. The van der Waals surface area contributed by atoms with Crippen molar-refractivity contribution in [3.63, 3.8) is 0 Å². The highest BCUT2D eigenvalue weighted by molar-refractivity contribution is 5.60. The molecule has 4 nitrogen and oxygen atoms in total. The molecule has 1 aliphatic heterocycles. The predicted molar refractivity (Wildman–Crippen MR) is 59.1 cm³/mol. The molecule has 0 aliphatic carbocycles. The highest BCUT2D eigenvalue weighted by Crippen LogP contribution is 2.31. The summed E-state index contributed by atoms with van der Waals surface area (Å²) in [6.07, 6.45) is 0.831. The van der Waals surface area contributed by atoms with E-state index in [-0.39, 0.29) is 0 Å². The third-order valence-electron chi connectivity index (χ3n) is 2.63. The molecule has 0 spiro atoms. The summed E-state index contributed by atoms with van der Waals surface area (Å²) in [4.78, 5) is 6.77. The minimum atomic E-state index is 0.545. The van der Waals surface area contributed by atoms with Crippen molar-refractivity contribution in [1.29, 1.82) is 0 Å². The van der Waals surface area contributed by atoms with Gasteiger partial charge in [0.2, 0.25) is 0 Å². The first-order valence-electron chi connectivity index (χ1n) is 5.10. The summed E-state index contributed by atoms with van der Waals surface area (Å²) < 4.78 is 5.56. The molecule has 2 rings (SSSR count). The first-order chi connectivity index (χ1) is 7.31. The number of benzene rings is 1. The van der Waals surface area contributed by atoms with Crippen LogP contribution in [-0.4, -0.2) is 26.8 Å². The van der Waals surface area contributed by atoms with Gasteiger partial charge in [-0.3, -0.25) is 0 Å². The zero-order valence-corrected chi connectivity index (χ0v) is 8.90. The fourth-order valence-electron chi connectivity index (χ4n) is 1.73. The maximum atomic E-state index is 5.56. The fourth-order valence-corrected chi connectivity index (χ4v) is 1.73. The average molecular weight is 208 g/mol. The van der Waals surface area contributed by atoms with Gasteiger partial charge in [0.25, 0.3) is 0 Å². The van der Waals surface area contributed by atoms with Gasteiger partial charge in [0.05, 0.1) is 18.8 Å². The lowest BCUT2D eigenvalue weighted by molar-refractivity contribution is 0.141. The quantitative estimate of drug-likeness (QED) is 0.751. The number of nitrogens with zero attached hydrogens (tertiary/aromatic N) is 1. The Morgan fingerprint density at radius 1 is 1.53 bits per heavy atom. The minimum absolute atomic E-state index is 0.545. The number of likely N-dealkylation sites (N-methyl/N-ethyl adjacent to an activating group) is 1. The summed E-state index contributed by atoms with van der Waals surface area (Å²) >= 11 is 0. The zero-order valence-electron chi connectivity index (χ0n) is 8.90. The van der Waals surface area contributed by atoms with Crippen molar-refractivity contribution in [3.8, 4) is 5.75 Å². The standard InChI is InChI=1S/C11H16N2O2/c1-13-5-7-14-11-3-2-9(4-6-15-12)8-10(11)13/h2-3,8H,4-7,12H2,1H3. The monoisotopic (exact) mass is 208 g/mol. The Morgan fingerprint density at radius 2 is 2.40 bits per heavy atom. The molecule has 1 heterocycles. The van der Waals surface area contributed by atoms with Crippen LogP contribution in [0.3, 0.4) is 0 Å². The minimum Gasteiger partial charge on any atom is -0.490 e. The number of ether oxygens (including phenoxy) is 1. The van der Waals surface area contributed by atoms with Gasteiger partial charge in [-0.05, 0) is 24.1 Å². The highest BCUT2D eigenvalue weighted by atomic mass is 16.6. The summed E-state index contributed by atoms with van der Waals surface area (Å²) in [5, 5.41) is 0. The number of hydrogen-bond donors (Lipinski definition) is 1. The van der Waals surface area contributed by atoms with Crippen LogP contribution in [0.2, 0.25) is 0 Å². The maximum Gasteiger partial charge on any atom is 0.142 e. The third-order valence-corrected chi connectivity index (χ3v) is 2.63. The Bertz CT molecular complexity index is 341. The number of rotatable bonds is 3. The van der Waals surface area contributed by atoms with E-state index in [1.54, 1.807) is 0 Å². The molecule has 4 heteroatoms. The van der Waals surface area contributed by atoms with E-state index in [1.807, 2.05) is 6.07 Å². The zero-order chi connectivity index (χ0) is 10.7. The fraction of sp³-hybridized carbons (Fsp3) is 0.455. The second kappa shape index (κ2) is 4.51. The molecule has 0 fully saturated rings. The van der Waals surface area contributed by atoms with E-state index in [0.29, 0.717) is 6.61 Å². The molecule has 2 N–H and O–H groups in total. The van der Waals surface area contributed by atoms with Crippen molar-refractivity contribution in [2.24, 2.45) is 5.90 Å². The lowest BCUT2D eigenvalue weighted by atomic mass is 10.1. The van der Waals surface area contributed by atoms with Gasteiger partial charge in [0.1, 0.15) is 12.4 Å². The van der Waals surface area contributed by atoms with Gasteiger partial charge in [0, 0.05) is 7.05 Å². The third kappa shape index (κ3) is 2.22. The van der Waals surface area contributed by atoms with Gasteiger partial charge in [-0.25, -0.2) is 5.90 Å². The Hall–Kier alpha value is -1.26. The van der Waals surface area contributed by atoms with Gasteiger partial charge in [0.15, 0.2) is 0 Å². The molecule has 15 heavy (non-hydrogen) atoms. The van der Waals surface area contributed by atoms with Gasteiger partial charge in [-0.15, -0.1) is 0 Å². The van der Waals surface area contributed by atoms with Crippen LogP contribution in [0, 0.1) is 0 Å². The van der Waals surface area contributed by atoms with E-state index in [0.717, 1.165) is 31.0 Å². The van der Waals surface area contributed by atoms with Crippen molar-refractivity contribution in [2.75, 3.05) is 31.7 Å². The van der Waals surface area contributed by atoms with Crippen LogP contribution in [0.5, 0.6) is 5.75 Å². The topological polar surface area (TPSA) is 47.7 Å². The smallest absolute Gasteiger partial charge is 0.142 e. The van der Waals surface area contributed by atoms with Crippen LogP contribution in [0.4, 0.5) is 5.69 Å². The molecular formula is C11H16N2O2. The second-order valence-corrected chi connectivity index (χ2v) is 3.69. The summed E-state index contributed by atoms with van der Waals surface area (Å²) in [5.74, 6) is 5.97. The van der Waals surface area contributed by atoms with E-state index in [1.165, 1.54) is 5.56 Å². The average Bonchev–Trinajstić information content (AvgIpc) is 2.27.